The van der Waals surface area contributed by atoms with E-state index < -0.39 is 0 Å². The van der Waals surface area contributed by atoms with Crippen LogP contribution in [0.15, 0.2) is 96.1 Å². The number of carbonyl (C=O) groups is 2. The lowest BCUT2D eigenvalue weighted by atomic mass is 10.0. The first-order valence-electron chi connectivity index (χ1n) is 8.29. The lowest BCUT2D eigenvalue weighted by molar-refractivity contribution is 0.0951. The Kier molecular flexibility index (Phi) is 5.68. The number of amides is 1. The third-order valence-electron chi connectivity index (χ3n) is 3.86. The van der Waals surface area contributed by atoms with Crippen LogP contribution in [-0.4, -0.2) is 17.4 Å². The molecule has 0 aliphatic heterocycles. The van der Waals surface area contributed by atoms with Crippen molar-refractivity contribution in [1.29, 1.82) is 0 Å². The molecule has 1 N–H and O–H groups in total. The Balaban J connectivity index is 1.82. The van der Waals surface area contributed by atoms with Crippen LogP contribution < -0.4 is 5.43 Å². The molecule has 0 aromatic heterocycles. The lowest BCUT2D eigenvalue weighted by Gasteiger charge is -2.08. The average Bonchev–Trinajstić information content (AvgIpc) is 2.72. The Labute approximate surface area is 152 Å². The number of hydrazone groups is 1. The van der Waals surface area contributed by atoms with Gasteiger partial charge in [0, 0.05) is 11.1 Å². The van der Waals surface area contributed by atoms with E-state index in [0.29, 0.717) is 16.8 Å². The highest BCUT2D eigenvalue weighted by Crippen LogP contribution is 2.10. The summed E-state index contributed by atoms with van der Waals surface area (Å²) in [6, 6.07) is 27.3. The molecule has 1 amide bonds. The number of nitrogens with zero attached hydrogens (tertiary/aromatic N) is 1. The first-order chi connectivity index (χ1) is 12.7. The maximum absolute atomic E-state index is 12.5. The second kappa shape index (κ2) is 8.53. The van der Waals surface area contributed by atoms with E-state index in [1.165, 1.54) is 0 Å². The Hall–Kier alpha value is -3.53. The second-order valence-electron chi connectivity index (χ2n) is 5.70. The maximum Gasteiger partial charge on any atom is 0.271 e. The SMILES string of the molecule is O=C(C/C(=N/NC(=O)c1ccccc1)c1ccccc1)c1ccccc1. The van der Waals surface area contributed by atoms with Gasteiger partial charge < -0.3 is 0 Å². The molecule has 4 heteroatoms. The molecule has 3 aromatic rings. The summed E-state index contributed by atoms with van der Waals surface area (Å²) in [6.07, 6.45) is 0.100. The molecule has 26 heavy (non-hydrogen) atoms. The van der Waals surface area contributed by atoms with Crippen molar-refractivity contribution in [1.82, 2.24) is 5.43 Å². The van der Waals surface area contributed by atoms with Crippen LogP contribution in [0.1, 0.15) is 32.7 Å². The summed E-state index contributed by atoms with van der Waals surface area (Å²) in [6.45, 7) is 0. The molecule has 0 fully saturated rings. The van der Waals surface area contributed by atoms with E-state index in [-0.39, 0.29) is 18.1 Å². The monoisotopic (exact) mass is 342 g/mol. The fourth-order valence-corrected chi connectivity index (χ4v) is 2.49. The normalized spacial score (nSPS) is 11.0. The van der Waals surface area contributed by atoms with Crippen LogP contribution >= 0.6 is 0 Å². The zero-order chi connectivity index (χ0) is 18.2. The summed E-state index contributed by atoms with van der Waals surface area (Å²) in [5.74, 6) is -0.367. The third kappa shape index (κ3) is 4.51. The van der Waals surface area contributed by atoms with E-state index in [0.717, 1.165) is 5.56 Å². The summed E-state index contributed by atoms with van der Waals surface area (Å²) in [7, 11) is 0. The third-order valence-corrected chi connectivity index (χ3v) is 3.86. The summed E-state index contributed by atoms with van der Waals surface area (Å²) in [5, 5.41) is 4.23. The van der Waals surface area contributed by atoms with Crippen LogP contribution in [0, 0.1) is 0 Å². The molecule has 0 unspecified atom stereocenters. The number of nitrogens with one attached hydrogen (secondary N) is 1. The van der Waals surface area contributed by atoms with E-state index >= 15 is 0 Å². The van der Waals surface area contributed by atoms with Crippen molar-refractivity contribution in [2.75, 3.05) is 0 Å². The number of hydrogen-bond donors (Lipinski definition) is 1. The molecule has 0 saturated carbocycles. The van der Waals surface area contributed by atoms with Gasteiger partial charge in [0.1, 0.15) is 0 Å². The van der Waals surface area contributed by atoms with Crippen molar-refractivity contribution in [2.24, 2.45) is 5.10 Å². The predicted molar refractivity (Wildman–Crippen MR) is 102 cm³/mol. The molecular formula is C22H18N2O2. The molecule has 4 nitrogen and oxygen atoms in total. The van der Waals surface area contributed by atoms with Crippen LogP contribution in [0.4, 0.5) is 0 Å². The molecule has 0 bridgehead atoms. The van der Waals surface area contributed by atoms with Crippen LogP contribution in [0.25, 0.3) is 0 Å². The zero-order valence-corrected chi connectivity index (χ0v) is 14.1. The predicted octanol–water partition coefficient (Wildman–Crippen LogP) is 4.09. The fraction of sp³-hybridized carbons (Fsp3) is 0.0455. The van der Waals surface area contributed by atoms with Crippen LogP contribution in [0.3, 0.4) is 0 Å². The largest absolute Gasteiger partial charge is 0.294 e. The van der Waals surface area contributed by atoms with Crippen molar-refractivity contribution in [3.8, 4) is 0 Å². The van der Waals surface area contributed by atoms with Gasteiger partial charge in [0.15, 0.2) is 5.78 Å². The minimum absolute atomic E-state index is 0.0536. The van der Waals surface area contributed by atoms with Crippen LogP contribution in [0.5, 0.6) is 0 Å². The van der Waals surface area contributed by atoms with E-state index in [2.05, 4.69) is 10.5 Å². The van der Waals surface area contributed by atoms with Gasteiger partial charge in [0.25, 0.3) is 5.91 Å². The molecule has 0 aliphatic rings. The van der Waals surface area contributed by atoms with Crippen LogP contribution in [-0.2, 0) is 0 Å². The van der Waals surface area contributed by atoms with E-state index in [1.807, 2.05) is 54.6 Å². The molecule has 3 rings (SSSR count). The number of hydrogen-bond acceptors (Lipinski definition) is 3. The van der Waals surface area contributed by atoms with Crippen molar-refractivity contribution in [3.05, 3.63) is 108 Å². The van der Waals surface area contributed by atoms with E-state index in [9.17, 15) is 9.59 Å². The molecule has 3 aromatic carbocycles. The molecular weight excluding hydrogens is 324 g/mol. The van der Waals surface area contributed by atoms with Gasteiger partial charge in [0.2, 0.25) is 0 Å². The number of benzene rings is 3. The number of Topliss-reactive ketones (excluding diaryl/α,β-unsaturated/α-hetero) is 1. The van der Waals surface area contributed by atoms with Crippen LogP contribution in [0.2, 0.25) is 0 Å². The average molecular weight is 342 g/mol. The summed E-state index contributed by atoms with van der Waals surface area (Å²) in [4.78, 5) is 24.8. The molecule has 0 spiro atoms. The highest BCUT2D eigenvalue weighted by Gasteiger charge is 2.13. The van der Waals surface area contributed by atoms with Gasteiger partial charge in [-0.15, -0.1) is 0 Å². The molecule has 128 valence electrons. The van der Waals surface area contributed by atoms with Gasteiger partial charge in [-0.1, -0.05) is 78.9 Å². The quantitative estimate of drug-likeness (QED) is 0.417. The minimum Gasteiger partial charge on any atom is -0.294 e. The zero-order valence-electron chi connectivity index (χ0n) is 14.1. The number of ketones is 1. The topological polar surface area (TPSA) is 58.5 Å². The second-order valence-corrected chi connectivity index (χ2v) is 5.70. The van der Waals surface area contributed by atoms with Gasteiger partial charge in [-0.2, -0.15) is 5.10 Å². The molecule has 0 aliphatic carbocycles. The summed E-state index contributed by atoms with van der Waals surface area (Å²) < 4.78 is 0. The van der Waals surface area contributed by atoms with Crippen molar-refractivity contribution < 1.29 is 9.59 Å². The van der Waals surface area contributed by atoms with Gasteiger partial charge in [-0.25, -0.2) is 5.43 Å². The molecule has 0 radical (unpaired) electrons. The Morgan fingerprint density at radius 3 is 1.65 bits per heavy atom. The maximum atomic E-state index is 12.5. The Morgan fingerprint density at radius 1 is 0.654 bits per heavy atom. The summed E-state index contributed by atoms with van der Waals surface area (Å²) >= 11 is 0. The standard InChI is InChI=1S/C22H18N2O2/c25-21(18-12-6-2-7-13-18)16-20(17-10-4-1-5-11-17)23-24-22(26)19-14-8-3-9-15-19/h1-15H,16H2,(H,24,26)/b23-20-. The van der Waals surface area contributed by atoms with E-state index in [4.69, 9.17) is 0 Å². The molecule has 0 heterocycles. The Morgan fingerprint density at radius 2 is 1.12 bits per heavy atom. The van der Waals surface area contributed by atoms with E-state index in [1.54, 1.807) is 36.4 Å². The van der Waals surface area contributed by atoms with Gasteiger partial charge in [-0.05, 0) is 17.7 Å². The minimum atomic E-state index is -0.314. The molecule has 0 atom stereocenters. The smallest absolute Gasteiger partial charge is 0.271 e. The first-order valence-corrected chi connectivity index (χ1v) is 8.29. The fourth-order valence-electron chi connectivity index (χ4n) is 2.49. The van der Waals surface area contributed by atoms with Gasteiger partial charge in [-0.3, -0.25) is 9.59 Å². The summed E-state index contributed by atoms with van der Waals surface area (Å²) in [5.41, 5.74) is 4.99. The number of rotatable bonds is 6. The first kappa shape index (κ1) is 17.3. The van der Waals surface area contributed by atoms with Gasteiger partial charge in [0.05, 0.1) is 12.1 Å². The highest BCUT2D eigenvalue weighted by atomic mass is 16.2. The number of carbonyl (C=O) groups excluding carboxylic acids is 2. The van der Waals surface area contributed by atoms with Crippen molar-refractivity contribution in [3.63, 3.8) is 0 Å². The molecule has 0 saturated heterocycles. The lowest BCUT2D eigenvalue weighted by Crippen LogP contribution is -2.21. The van der Waals surface area contributed by atoms with Gasteiger partial charge >= 0.3 is 0 Å². The Bertz CT molecular complexity index is 905. The van der Waals surface area contributed by atoms with Crippen molar-refractivity contribution in [2.45, 2.75) is 6.42 Å². The highest BCUT2D eigenvalue weighted by molar-refractivity contribution is 6.16. The van der Waals surface area contributed by atoms with Crippen molar-refractivity contribution >= 4 is 17.4 Å².